The van der Waals surface area contributed by atoms with Gasteiger partial charge in [-0.05, 0) is 46.1 Å². The fourth-order valence-electron chi connectivity index (χ4n) is 2.66. The van der Waals surface area contributed by atoms with E-state index in [1.807, 2.05) is 20.8 Å². The number of carbonyl (C=O) groups excluding carboxylic acids is 1. The van der Waals surface area contributed by atoms with Crippen molar-refractivity contribution < 1.29 is 11.0 Å². The standard InChI is InChI=1S/C13H28N2O.C11H17NO.H2/c1-13(2,3)5-6-14-7-9-15(10-8-14)11-12-16-4;1-5-6-7-12-11(13)8-10(4)9(2)3;/h5-12H2,1-4H3;7-8H2,1-4H3,(H,12,13);1H. The van der Waals surface area contributed by atoms with Crippen molar-refractivity contribution in [3.63, 3.8) is 0 Å². The van der Waals surface area contributed by atoms with E-state index >= 15 is 0 Å². The molecule has 5 nitrogen and oxygen atoms in total. The molecule has 1 amide bonds. The zero-order valence-electron chi connectivity index (χ0n) is 20.3. The third kappa shape index (κ3) is 16.2. The van der Waals surface area contributed by atoms with Crippen LogP contribution < -0.4 is 5.32 Å². The lowest BCUT2D eigenvalue weighted by molar-refractivity contribution is -0.120. The quantitative estimate of drug-likeness (QED) is 0.489. The number of hydrogen-bond acceptors (Lipinski definition) is 4. The highest BCUT2D eigenvalue weighted by molar-refractivity contribution is 5.78. The van der Waals surface area contributed by atoms with E-state index in [-0.39, 0.29) is 7.33 Å². The first kappa shape index (κ1) is 27.6. The average molecular weight is 410 g/mol. The summed E-state index contributed by atoms with van der Waals surface area (Å²) < 4.78 is 5.11. The van der Waals surface area contributed by atoms with E-state index in [4.69, 9.17) is 4.74 Å². The van der Waals surface area contributed by atoms with Crippen LogP contribution in [0.15, 0.2) is 11.1 Å². The van der Waals surface area contributed by atoms with Crippen LogP contribution in [-0.2, 0) is 9.53 Å². The molecule has 0 aromatic carbocycles. The second-order valence-corrected chi connectivity index (χ2v) is 9.15. The normalized spacial score (nSPS) is 14.9. The van der Waals surface area contributed by atoms with Crippen LogP contribution in [0.5, 0.6) is 0 Å². The van der Waals surface area contributed by atoms with Gasteiger partial charge in [-0.1, -0.05) is 37.8 Å². The van der Waals surface area contributed by atoms with Crippen LogP contribution in [0.25, 0.3) is 0 Å². The van der Waals surface area contributed by atoms with Crippen molar-refractivity contribution in [2.45, 2.75) is 61.3 Å². The van der Waals surface area contributed by atoms with E-state index in [2.05, 4.69) is 47.7 Å². The molecule has 0 radical (unpaired) electrons. The fourth-order valence-corrected chi connectivity index (χ4v) is 2.66. The lowest BCUT2D eigenvalue weighted by Gasteiger charge is -2.35. The maximum Gasteiger partial charge on any atom is 0.224 e. The summed E-state index contributed by atoms with van der Waals surface area (Å²) in [4.78, 5) is 16.3. The van der Waals surface area contributed by atoms with Crippen LogP contribution in [0.4, 0.5) is 0 Å². The Morgan fingerprint density at radius 2 is 1.62 bits per heavy atom. The highest BCUT2D eigenvalue weighted by atomic mass is 16.5. The maximum absolute atomic E-state index is 11.2. The molecular formula is C24H47N3O2. The van der Waals surface area contributed by atoms with Gasteiger partial charge in [0.15, 0.2) is 0 Å². The second-order valence-electron chi connectivity index (χ2n) is 9.15. The number of nitrogens with zero attached hydrogens (tertiary/aromatic N) is 2. The van der Waals surface area contributed by atoms with E-state index in [1.165, 1.54) is 44.7 Å². The molecule has 0 unspecified atom stereocenters. The second kappa shape index (κ2) is 15.5. The molecule has 0 spiro atoms. The number of allylic oxidation sites excluding steroid dienone is 1. The Balaban J connectivity index is 0. The Hall–Kier alpha value is -1.35. The van der Waals surface area contributed by atoms with Crippen molar-refractivity contribution >= 4 is 5.91 Å². The summed E-state index contributed by atoms with van der Waals surface area (Å²) in [6.07, 6.45) is 1.78. The first-order valence-corrected chi connectivity index (χ1v) is 10.8. The molecular weight excluding hydrogens is 362 g/mol. The molecule has 0 aromatic heterocycles. The van der Waals surface area contributed by atoms with Crippen molar-refractivity contribution in [3.8, 4) is 11.8 Å². The Kier molecular flexibility index (Phi) is 14.8. The molecule has 29 heavy (non-hydrogen) atoms. The number of piperazine rings is 1. The monoisotopic (exact) mass is 409 g/mol. The van der Waals surface area contributed by atoms with Crippen LogP contribution in [0.2, 0.25) is 0 Å². The van der Waals surface area contributed by atoms with Crippen LogP contribution in [0, 0.1) is 17.3 Å². The Morgan fingerprint density at radius 1 is 1.07 bits per heavy atom. The summed E-state index contributed by atoms with van der Waals surface area (Å²) in [5, 5.41) is 2.72. The molecule has 1 heterocycles. The van der Waals surface area contributed by atoms with Gasteiger partial charge in [0.2, 0.25) is 5.91 Å². The van der Waals surface area contributed by atoms with Gasteiger partial charge in [-0.2, -0.15) is 0 Å². The predicted molar refractivity (Wildman–Crippen MR) is 126 cm³/mol. The van der Waals surface area contributed by atoms with Gasteiger partial charge >= 0.3 is 0 Å². The van der Waals surface area contributed by atoms with Gasteiger partial charge in [-0.15, -0.1) is 5.92 Å². The molecule has 170 valence electrons. The minimum Gasteiger partial charge on any atom is -0.383 e. The van der Waals surface area contributed by atoms with Crippen molar-refractivity contribution in [3.05, 3.63) is 11.1 Å². The summed E-state index contributed by atoms with van der Waals surface area (Å²) in [5.74, 6) is 5.55. The highest BCUT2D eigenvalue weighted by Crippen LogP contribution is 2.19. The minimum absolute atomic E-state index is 0. The first-order chi connectivity index (χ1) is 13.6. The number of carbonyl (C=O) groups is 1. The molecule has 1 rings (SSSR count). The first-order valence-electron chi connectivity index (χ1n) is 10.8. The van der Waals surface area contributed by atoms with Crippen LogP contribution in [0.3, 0.4) is 0 Å². The Labute approximate surface area is 181 Å². The number of hydrogen-bond donors (Lipinski definition) is 1. The van der Waals surface area contributed by atoms with E-state index in [0.29, 0.717) is 18.4 Å². The van der Waals surface area contributed by atoms with Gasteiger partial charge in [0.1, 0.15) is 0 Å². The topological polar surface area (TPSA) is 44.8 Å². The van der Waals surface area contributed by atoms with Crippen LogP contribution >= 0.6 is 0 Å². The van der Waals surface area contributed by atoms with Crippen LogP contribution in [0.1, 0.15) is 62.7 Å². The van der Waals surface area contributed by atoms with Gasteiger partial charge in [0.25, 0.3) is 0 Å². The van der Waals surface area contributed by atoms with E-state index in [9.17, 15) is 4.79 Å². The highest BCUT2D eigenvalue weighted by Gasteiger charge is 2.18. The molecule has 0 aliphatic carbocycles. The summed E-state index contributed by atoms with van der Waals surface area (Å²) in [7, 11) is 1.78. The molecule has 1 N–H and O–H groups in total. The third-order valence-corrected chi connectivity index (χ3v) is 5.08. The number of methoxy groups -OCH3 is 1. The van der Waals surface area contributed by atoms with Gasteiger partial charge in [0.05, 0.1) is 13.2 Å². The van der Waals surface area contributed by atoms with E-state index < -0.39 is 0 Å². The van der Waals surface area contributed by atoms with Crippen molar-refractivity contribution in [1.29, 1.82) is 0 Å². The number of ether oxygens (including phenoxy) is 1. The molecule has 5 heteroatoms. The number of nitrogens with one attached hydrogen (secondary N) is 1. The summed E-state index contributed by atoms with van der Waals surface area (Å²) >= 11 is 0. The smallest absolute Gasteiger partial charge is 0.224 e. The molecule has 1 aliphatic rings. The van der Waals surface area contributed by atoms with E-state index in [0.717, 1.165) is 18.7 Å². The number of amides is 1. The molecule has 0 saturated carbocycles. The Morgan fingerprint density at radius 3 is 2.07 bits per heavy atom. The van der Waals surface area contributed by atoms with Crippen molar-refractivity contribution in [1.82, 2.24) is 15.1 Å². The third-order valence-electron chi connectivity index (χ3n) is 5.08. The van der Waals surface area contributed by atoms with Gasteiger partial charge in [0, 0.05) is 47.7 Å². The maximum atomic E-state index is 11.2. The summed E-state index contributed by atoms with van der Waals surface area (Å²) in [5.41, 5.74) is 2.80. The number of rotatable bonds is 8. The zero-order valence-corrected chi connectivity index (χ0v) is 20.3. The lowest BCUT2D eigenvalue weighted by atomic mass is 9.92. The fraction of sp³-hybridized carbons (Fsp3) is 0.792. The molecule has 0 bridgehead atoms. The lowest BCUT2D eigenvalue weighted by Crippen LogP contribution is -2.47. The summed E-state index contributed by atoms with van der Waals surface area (Å²) in [6, 6.07) is 0. The molecule has 1 fully saturated rings. The van der Waals surface area contributed by atoms with Gasteiger partial charge in [-0.25, -0.2) is 0 Å². The SMILES string of the molecule is CC#CCNC(=O)CC(C)=C(C)C.COCCN1CCN(CCC(C)(C)C)CC1.[HH]. The van der Waals surface area contributed by atoms with Crippen molar-refractivity contribution in [2.24, 2.45) is 5.41 Å². The van der Waals surface area contributed by atoms with E-state index in [1.54, 1.807) is 14.0 Å². The molecule has 0 atom stereocenters. The van der Waals surface area contributed by atoms with Gasteiger partial charge in [-0.3, -0.25) is 9.69 Å². The Bertz CT molecular complexity index is 547. The largest absolute Gasteiger partial charge is 0.383 e. The predicted octanol–water partition coefficient (Wildman–Crippen LogP) is 3.80. The van der Waals surface area contributed by atoms with Crippen molar-refractivity contribution in [2.75, 3.05) is 59.5 Å². The zero-order chi connectivity index (χ0) is 22.3. The molecule has 1 aliphatic heterocycles. The molecule has 0 aromatic rings. The van der Waals surface area contributed by atoms with Gasteiger partial charge < -0.3 is 15.0 Å². The average Bonchev–Trinajstić information content (AvgIpc) is 2.65. The summed E-state index contributed by atoms with van der Waals surface area (Å²) in [6.45, 7) is 23.2. The van der Waals surface area contributed by atoms with Crippen LogP contribution in [-0.4, -0.2) is 75.2 Å². The molecule has 1 saturated heterocycles. The minimum atomic E-state index is 0.